The standard InChI is InChI=1S/C12H20N2OS/c1-15-11-5-8-16-12(11)9-13-6-2-7-14-10-3-4-10/h5,8,10,13-14H,2-4,6-7,9H2,1H3. The monoisotopic (exact) mass is 240 g/mol. The molecule has 0 amide bonds. The molecule has 0 aliphatic heterocycles. The maximum atomic E-state index is 5.26. The molecule has 1 aliphatic rings. The van der Waals surface area contributed by atoms with E-state index in [-0.39, 0.29) is 0 Å². The molecule has 0 unspecified atom stereocenters. The molecular formula is C12H20N2OS. The molecule has 16 heavy (non-hydrogen) atoms. The lowest BCUT2D eigenvalue weighted by molar-refractivity contribution is 0.410. The predicted molar refractivity (Wildman–Crippen MR) is 68.2 cm³/mol. The van der Waals surface area contributed by atoms with Crippen LogP contribution in [0.2, 0.25) is 0 Å². The van der Waals surface area contributed by atoms with Crippen LogP contribution in [0, 0.1) is 0 Å². The van der Waals surface area contributed by atoms with Crippen LogP contribution in [-0.4, -0.2) is 26.2 Å². The van der Waals surface area contributed by atoms with Crippen molar-refractivity contribution >= 4 is 11.3 Å². The second kappa shape index (κ2) is 6.23. The van der Waals surface area contributed by atoms with Crippen LogP contribution < -0.4 is 15.4 Å². The fraction of sp³-hybridized carbons (Fsp3) is 0.667. The summed E-state index contributed by atoms with van der Waals surface area (Å²) in [6.45, 7) is 3.13. The largest absolute Gasteiger partial charge is 0.496 e. The molecule has 0 spiro atoms. The van der Waals surface area contributed by atoms with Crippen LogP contribution >= 0.6 is 11.3 Å². The molecule has 1 aromatic heterocycles. The van der Waals surface area contributed by atoms with Crippen LogP contribution in [0.5, 0.6) is 5.75 Å². The van der Waals surface area contributed by atoms with Crippen LogP contribution in [0.25, 0.3) is 0 Å². The number of ether oxygens (including phenoxy) is 1. The maximum Gasteiger partial charge on any atom is 0.134 e. The van der Waals surface area contributed by atoms with Crippen molar-refractivity contribution in [1.82, 2.24) is 10.6 Å². The van der Waals surface area contributed by atoms with Gasteiger partial charge in [0.15, 0.2) is 0 Å². The third-order valence-corrected chi connectivity index (χ3v) is 3.65. The Morgan fingerprint density at radius 2 is 2.31 bits per heavy atom. The highest BCUT2D eigenvalue weighted by Crippen LogP contribution is 2.23. The predicted octanol–water partition coefficient (Wildman–Crippen LogP) is 1.99. The Balaban J connectivity index is 1.53. The summed E-state index contributed by atoms with van der Waals surface area (Å²) >= 11 is 1.75. The molecule has 1 aromatic rings. The summed E-state index contributed by atoms with van der Waals surface area (Å²) in [5.41, 5.74) is 0. The van der Waals surface area contributed by atoms with Crippen molar-refractivity contribution in [2.75, 3.05) is 20.2 Å². The fourth-order valence-corrected chi connectivity index (χ4v) is 2.46. The first kappa shape index (κ1) is 11.9. The van der Waals surface area contributed by atoms with Crippen molar-refractivity contribution in [2.24, 2.45) is 0 Å². The van der Waals surface area contributed by atoms with Crippen molar-refractivity contribution < 1.29 is 4.74 Å². The minimum Gasteiger partial charge on any atom is -0.496 e. The minimum atomic E-state index is 0.831. The summed E-state index contributed by atoms with van der Waals surface area (Å²) in [5.74, 6) is 1.01. The first-order valence-electron chi connectivity index (χ1n) is 5.94. The Morgan fingerprint density at radius 1 is 1.44 bits per heavy atom. The minimum absolute atomic E-state index is 0.831. The molecule has 0 bridgehead atoms. The van der Waals surface area contributed by atoms with E-state index in [0.717, 1.165) is 31.4 Å². The second-order valence-corrected chi connectivity index (χ2v) is 5.17. The van der Waals surface area contributed by atoms with Gasteiger partial charge in [-0.25, -0.2) is 0 Å². The van der Waals surface area contributed by atoms with Gasteiger partial charge in [-0.15, -0.1) is 11.3 Å². The quantitative estimate of drug-likeness (QED) is 0.682. The highest BCUT2D eigenvalue weighted by molar-refractivity contribution is 7.10. The first-order chi connectivity index (χ1) is 7.90. The van der Waals surface area contributed by atoms with E-state index < -0.39 is 0 Å². The summed E-state index contributed by atoms with van der Waals surface area (Å²) < 4.78 is 5.26. The van der Waals surface area contributed by atoms with E-state index in [0.29, 0.717) is 0 Å². The van der Waals surface area contributed by atoms with Gasteiger partial charge in [0.1, 0.15) is 5.75 Å². The Labute approximate surface area is 101 Å². The second-order valence-electron chi connectivity index (χ2n) is 4.17. The van der Waals surface area contributed by atoms with Crippen LogP contribution in [0.4, 0.5) is 0 Å². The summed E-state index contributed by atoms with van der Waals surface area (Å²) in [6, 6.07) is 2.86. The zero-order valence-electron chi connectivity index (χ0n) is 9.79. The van der Waals surface area contributed by atoms with Crippen molar-refractivity contribution in [3.63, 3.8) is 0 Å². The number of methoxy groups -OCH3 is 1. The van der Waals surface area contributed by atoms with E-state index in [4.69, 9.17) is 4.74 Å². The molecule has 2 N–H and O–H groups in total. The normalized spacial score (nSPS) is 15.3. The average molecular weight is 240 g/mol. The summed E-state index contributed by atoms with van der Waals surface area (Å²) in [5, 5.41) is 9.03. The Hall–Kier alpha value is -0.580. The van der Waals surface area contributed by atoms with Gasteiger partial charge in [0, 0.05) is 12.6 Å². The van der Waals surface area contributed by atoms with Crippen LogP contribution in [0.3, 0.4) is 0 Å². The molecule has 0 atom stereocenters. The van der Waals surface area contributed by atoms with E-state index in [9.17, 15) is 0 Å². The van der Waals surface area contributed by atoms with Crippen molar-refractivity contribution in [1.29, 1.82) is 0 Å². The highest BCUT2D eigenvalue weighted by atomic mass is 32.1. The SMILES string of the molecule is COc1ccsc1CNCCCNC1CC1. The van der Waals surface area contributed by atoms with E-state index in [2.05, 4.69) is 16.0 Å². The molecule has 3 nitrogen and oxygen atoms in total. The number of rotatable bonds is 8. The summed E-state index contributed by atoms with van der Waals surface area (Å²) in [6.07, 6.45) is 3.95. The highest BCUT2D eigenvalue weighted by Gasteiger charge is 2.19. The zero-order valence-corrected chi connectivity index (χ0v) is 10.6. The van der Waals surface area contributed by atoms with E-state index in [1.807, 2.05) is 6.07 Å². The number of hydrogen-bond donors (Lipinski definition) is 2. The molecule has 4 heteroatoms. The van der Waals surface area contributed by atoms with Gasteiger partial charge in [-0.2, -0.15) is 0 Å². The third-order valence-electron chi connectivity index (χ3n) is 2.75. The van der Waals surface area contributed by atoms with E-state index in [1.54, 1.807) is 18.4 Å². The molecular weight excluding hydrogens is 220 g/mol. The third kappa shape index (κ3) is 3.77. The van der Waals surface area contributed by atoms with E-state index >= 15 is 0 Å². The number of nitrogens with one attached hydrogen (secondary N) is 2. The molecule has 1 heterocycles. The number of thiophene rings is 1. The van der Waals surface area contributed by atoms with Gasteiger partial charge in [-0.3, -0.25) is 0 Å². The Bertz CT molecular complexity index is 310. The molecule has 1 saturated carbocycles. The molecule has 90 valence electrons. The topological polar surface area (TPSA) is 33.3 Å². The van der Waals surface area contributed by atoms with Gasteiger partial charge < -0.3 is 15.4 Å². The van der Waals surface area contributed by atoms with Gasteiger partial charge in [-0.05, 0) is 43.8 Å². The molecule has 1 aliphatic carbocycles. The Kier molecular flexibility index (Phi) is 4.63. The number of hydrogen-bond acceptors (Lipinski definition) is 4. The molecule has 0 aromatic carbocycles. The molecule has 0 radical (unpaired) electrons. The molecule has 2 rings (SSSR count). The van der Waals surface area contributed by atoms with Gasteiger partial charge in [0.25, 0.3) is 0 Å². The van der Waals surface area contributed by atoms with Gasteiger partial charge in [-0.1, -0.05) is 0 Å². The van der Waals surface area contributed by atoms with Crippen molar-refractivity contribution in [3.05, 3.63) is 16.3 Å². The fourth-order valence-electron chi connectivity index (χ4n) is 1.65. The van der Waals surface area contributed by atoms with Gasteiger partial charge in [0.05, 0.1) is 12.0 Å². The first-order valence-corrected chi connectivity index (χ1v) is 6.82. The van der Waals surface area contributed by atoms with Crippen LogP contribution in [0.15, 0.2) is 11.4 Å². The summed E-state index contributed by atoms with van der Waals surface area (Å²) in [7, 11) is 1.73. The van der Waals surface area contributed by atoms with Crippen molar-refractivity contribution in [2.45, 2.75) is 31.8 Å². The Morgan fingerprint density at radius 3 is 3.06 bits per heavy atom. The molecule has 0 saturated heterocycles. The zero-order chi connectivity index (χ0) is 11.2. The van der Waals surface area contributed by atoms with Gasteiger partial charge in [0.2, 0.25) is 0 Å². The lowest BCUT2D eigenvalue weighted by Gasteiger charge is -2.06. The van der Waals surface area contributed by atoms with Crippen LogP contribution in [-0.2, 0) is 6.54 Å². The van der Waals surface area contributed by atoms with E-state index in [1.165, 1.54) is 24.1 Å². The van der Waals surface area contributed by atoms with Gasteiger partial charge >= 0.3 is 0 Å². The maximum absolute atomic E-state index is 5.26. The van der Waals surface area contributed by atoms with Crippen molar-refractivity contribution in [3.8, 4) is 5.75 Å². The smallest absolute Gasteiger partial charge is 0.134 e. The lowest BCUT2D eigenvalue weighted by Crippen LogP contribution is -2.22. The molecule has 1 fully saturated rings. The summed E-state index contributed by atoms with van der Waals surface area (Å²) in [4.78, 5) is 1.29. The van der Waals surface area contributed by atoms with Crippen LogP contribution in [0.1, 0.15) is 24.1 Å². The lowest BCUT2D eigenvalue weighted by atomic mass is 10.4. The average Bonchev–Trinajstić information content (AvgIpc) is 3.01.